The molecular weight excluding hydrogens is 959 g/mol. The molecular formula is C20H24Br4O12Pb-4. The molecule has 0 saturated carbocycles. The van der Waals surface area contributed by atoms with Gasteiger partial charge in [-0.15, -0.1) is 0 Å². The van der Waals surface area contributed by atoms with Gasteiger partial charge in [-0.1, -0.05) is 91.4 Å². The maximum atomic E-state index is 10.4. The van der Waals surface area contributed by atoms with E-state index in [1.54, 1.807) is 27.7 Å². The van der Waals surface area contributed by atoms with E-state index in [1.165, 1.54) is 0 Å². The standard InChI is InChI=1S/4C5H7BrO3.Pb/c4*1-2-3(6)4(7)5(8)9;/h4*3H,2H2,1H3,(H,8,9);/p-4. The van der Waals surface area contributed by atoms with Gasteiger partial charge in [0, 0.05) is 27.3 Å². The predicted molar refractivity (Wildman–Crippen MR) is 138 cm³/mol. The molecule has 0 amide bonds. The van der Waals surface area contributed by atoms with Gasteiger partial charge in [-0.2, -0.15) is 0 Å². The minimum atomic E-state index is -1.63. The van der Waals surface area contributed by atoms with Crippen LogP contribution in [0.15, 0.2) is 0 Å². The normalized spacial score (nSPS) is 12.3. The third-order valence-corrected chi connectivity index (χ3v) is 7.63. The largest absolute Gasteiger partial charge is 0.542 e. The number of rotatable bonds is 12. The Labute approximate surface area is 267 Å². The molecule has 17 heteroatoms. The van der Waals surface area contributed by atoms with E-state index >= 15 is 0 Å². The summed E-state index contributed by atoms with van der Waals surface area (Å²) in [6.45, 7) is 6.83. The van der Waals surface area contributed by atoms with E-state index in [0.29, 0.717) is 25.7 Å². The zero-order valence-corrected chi connectivity index (χ0v) is 30.3. The van der Waals surface area contributed by atoms with Crippen LogP contribution in [-0.2, 0) is 38.4 Å². The van der Waals surface area contributed by atoms with Gasteiger partial charge in [-0.05, 0) is 25.7 Å². The van der Waals surface area contributed by atoms with E-state index in [-0.39, 0.29) is 27.3 Å². The van der Waals surface area contributed by atoms with Crippen LogP contribution in [0.2, 0.25) is 0 Å². The van der Waals surface area contributed by atoms with Crippen molar-refractivity contribution in [3.05, 3.63) is 0 Å². The van der Waals surface area contributed by atoms with Crippen molar-refractivity contribution in [2.75, 3.05) is 0 Å². The summed E-state index contributed by atoms with van der Waals surface area (Å²) in [5.41, 5.74) is 0. The number of carboxylic acid groups (broad SMARTS) is 4. The molecule has 4 atom stereocenters. The zero-order chi connectivity index (χ0) is 29.8. The molecule has 0 fully saturated rings. The maximum Gasteiger partial charge on any atom is 0.191 e. The Kier molecular flexibility index (Phi) is 33.7. The summed E-state index contributed by atoms with van der Waals surface area (Å²) in [5, 5.41) is 39.2. The first-order valence-electron chi connectivity index (χ1n) is 9.94. The maximum absolute atomic E-state index is 10.4. The minimum absolute atomic E-state index is 0. The van der Waals surface area contributed by atoms with Crippen molar-refractivity contribution < 1.29 is 58.8 Å². The number of hydrogen-bond acceptors (Lipinski definition) is 12. The Morgan fingerprint density at radius 3 is 0.568 bits per heavy atom. The van der Waals surface area contributed by atoms with E-state index in [1.807, 2.05) is 0 Å². The number of alkyl halides is 4. The van der Waals surface area contributed by atoms with Gasteiger partial charge in [0.2, 0.25) is 0 Å². The van der Waals surface area contributed by atoms with Crippen molar-refractivity contribution in [2.45, 2.75) is 72.7 Å². The van der Waals surface area contributed by atoms with Crippen LogP contribution in [-0.4, -0.2) is 93.6 Å². The molecule has 4 radical (unpaired) electrons. The number of halogens is 4. The fourth-order valence-corrected chi connectivity index (χ4v) is 2.00. The molecule has 0 aromatic heterocycles. The molecule has 0 N–H and O–H groups in total. The molecule has 12 nitrogen and oxygen atoms in total. The SMILES string of the molecule is CCC(Br)C(=O)C(=O)[O-].CCC(Br)C(=O)C(=O)[O-].CCC(Br)C(=O)C(=O)[O-].CCC(Br)C(=O)C(=O)[O-].[Pb]. The van der Waals surface area contributed by atoms with Gasteiger partial charge in [-0.3, -0.25) is 19.2 Å². The van der Waals surface area contributed by atoms with Crippen molar-refractivity contribution in [2.24, 2.45) is 0 Å². The molecule has 0 rings (SSSR count). The molecule has 4 unspecified atom stereocenters. The van der Waals surface area contributed by atoms with Crippen LogP contribution >= 0.6 is 63.7 Å². The summed E-state index contributed by atoms with van der Waals surface area (Å²) in [6, 6.07) is 0. The Hall–Kier alpha value is -0.598. The Morgan fingerprint density at radius 1 is 0.432 bits per heavy atom. The first-order valence-corrected chi connectivity index (χ1v) is 13.6. The molecule has 0 saturated heterocycles. The molecule has 0 bridgehead atoms. The molecule has 37 heavy (non-hydrogen) atoms. The monoisotopic (exact) mass is 980 g/mol. The van der Waals surface area contributed by atoms with E-state index < -0.39 is 66.3 Å². The predicted octanol–water partition coefficient (Wildman–Crippen LogP) is -2.47. The average Bonchev–Trinajstić information content (AvgIpc) is 2.85. The van der Waals surface area contributed by atoms with E-state index in [4.69, 9.17) is 0 Å². The van der Waals surface area contributed by atoms with E-state index in [2.05, 4.69) is 63.7 Å². The van der Waals surface area contributed by atoms with Crippen LogP contribution in [0.3, 0.4) is 0 Å². The second-order valence-electron chi connectivity index (χ2n) is 6.11. The van der Waals surface area contributed by atoms with Gasteiger partial charge in [0.1, 0.15) is 23.9 Å². The molecule has 0 aromatic carbocycles. The summed E-state index contributed by atoms with van der Waals surface area (Å²) in [5.74, 6) is -10.1. The van der Waals surface area contributed by atoms with Gasteiger partial charge in [-0.25, -0.2) is 0 Å². The third kappa shape index (κ3) is 25.4. The second kappa shape index (κ2) is 27.0. The van der Waals surface area contributed by atoms with E-state index in [9.17, 15) is 58.8 Å². The fourth-order valence-electron chi connectivity index (χ4n) is 1.25. The molecule has 0 heterocycles. The topological polar surface area (TPSA) is 229 Å². The second-order valence-corrected chi connectivity index (χ2v) is 10.5. The van der Waals surface area contributed by atoms with Crippen LogP contribution < -0.4 is 20.4 Å². The van der Waals surface area contributed by atoms with Crippen LogP contribution in [0.1, 0.15) is 53.4 Å². The van der Waals surface area contributed by atoms with Crippen LogP contribution in [0.25, 0.3) is 0 Å². The summed E-state index contributed by atoms with van der Waals surface area (Å²) < 4.78 is 0. The summed E-state index contributed by atoms with van der Waals surface area (Å²) in [6.07, 6.45) is 1.86. The van der Waals surface area contributed by atoms with Crippen molar-refractivity contribution in [1.29, 1.82) is 0 Å². The number of ketones is 4. The molecule has 0 aliphatic rings. The number of hydrogen-bond donors (Lipinski definition) is 0. The minimum Gasteiger partial charge on any atom is -0.542 e. The Morgan fingerprint density at radius 2 is 0.541 bits per heavy atom. The van der Waals surface area contributed by atoms with Crippen LogP contribution in [0, 0.1) is 0 Å². The fraction of sp³-hybridized carbons (Fsp3) is 0.600. The summed E-state index contributed by atoms with van der Waals surface area (Å²) in [7, 11) is 0. The first kappa shape index (κ1) is 46.3. The number of carboxylic acids is 4. The van der Waals surface area contributed by atoms with Crippen molar-refractivity contribution in [3.63, 3.8) is 0 Å². The van der Waals surface area contributed by atoms with Crippen LogP contribution in [0.5, 0.6) is 0 Å². The van der Waals surface area contributed by atoms with Gasteiger partial charge < -0.3 is 39.6 Å². The summed E-state index contributed by atoms with van der Waals surface area (Å²) in [4.78, 5) is 78.3. The molecule has 0 aliphatic heterocycles. The number of Topliss-reactive ketones (excluding diaryl/α,β-unsaturated/α-hetero) is 4. The summed E-state index contributed by atoms with van der Waals surface area (Å²) >= 11 is 11.5. The van der Waals surface area contributed by atoms with Gasteiger partial charge in [0.25, 0.3) is 0 Å². The quantitative estimate of drug-likeness (QED) is 0.113. The van der Waals surface area contributed by atoms with Crippen molar-refractivity contribution in [1.82, 2.24) is 0 Å². The first-order chi connectivity index (χ1) is 16.4. The number of aliphatic carboxylic acids is 4. The molecule has 0 aromatic rings. The van der Waals surface area contributed by atoms with E-state index in [0.717, 1.165) is 0 Å². The van der Waals surface area contributed by atoms with Gasteiger partial charge in [0.15, 0.2) is 23.1 Å². The molecule has 0 aliphatic carbocycles. The average molecular weight is 983 g/mol. The van der Waals surface area contributed by atoms with Gasteiger partial charge >= 0.3 is 0 Å². The van der Waals surface area contributed by atoms with Gasteiger partial charge in [0.05, 0.1) is 19.3 Å². The number of carbonyl (C=O) groups excluding carboxylic acids is 8. The molecule has 0 spiro atoms. The van der Waals surface area contributed by atoms with Crippen molar-refractivity contribution >= 4 is 138 Å². The zero-order valence-electron chi connectivity index (χ0n) is 20.0. The Bertz CT molecular complexity index is 663. The molecule has 212 valence electrons. The Balaban J connectivity index is -0.000000122. The third-order valence-electron chi connectivity index (χ3n) is 3.38. The van der Waals surface area contributed by atoms with Crippen molar-refractivity contribution in [3.8, 4) is 0 Å². The van der Waals surface area contributed by atoms with Crippen LogP contribution in [0.4, 0.5) is 0 Å². The smallest absolute Gasteiger partial charge is 0.191 e. The number of carbonyl (C=O) groups is 8.